The van der Waals surface area contributed by atoms with Gasteiger partial charge in [-0.15, -0.1) is 0 Å². The third kappa shape index (κ3) is 3.03. The Morgan fingerprint density at radius 1 is 1.50 bits per heavy atom. The van der Waals surface area contributed by atoms with Gasteiger partial charge in [-0.1, -0.05) is 25.1 Å². The Bertz CT molecular complexity index is 368. The van der Waals surface area contributed by atoms with Crippen LogP contribution >= 0.6 is 0 Å². The van der Waals surface area contributed by atoms with E-state index in [1.54, 1.807) is 25.1 Å². The van der Waals surface area contributed by atoms with Gasteiger partial charge in [0, 0.05) is 11.6 Å². The van der Waals surface area contributed by atoms with Crippen molar-refractivity contribution in [3.63, 3.8) is 0 Å². The number of nitrogens with one attached hydrogen (secondary N) is 1. The number of amides is 1. The van der Waals surface area contributed by atoms with E-state index in [2.05, 4.69) is 5.32 Å². The van der Waals surface area contributed by atoms with Crippen LogP contribution in [0.2, 0.25) is 0 Å². The van der Waals surface area contributed by atoms with Crippen LogP contribution in [-0.2, 0) is 4.79 Å². The van der Waals surface area contributed by atoms with Gasteiger partial charge in [-0.05, 0) is 19.4 Å². The molecule has 0 aromatic heterocycles. The van der Waals surface area contributed by atoms with Crippen molar-refractivity contribution in [1.82, 2.24) is 5.32 Å². The van der Waals surface area contributed by atoms with Gasteiger partial charge in [0.1, 0.15) is 5.82 Å². The normalized spacial score (nSPS) is 14.4. The van der Waals surface area contributed by atoms with Crippen molar-refractivity contribution in [2.24, 2.45) is 5.73 Å². The first kappa shape index (κ1) is 12.6. The van der Waals surface area contributed by atoms with Gasteiger partial charge in [0.15, 0.2) is 0 Å². The molecule has 4 heteroatoms. The highest BCUT2D eigenvalue weighted by Gasteiger charge is 2.17. The molecular formula is C12H17FN2O. The van der Waals surface area contributed by atoms with Crippen molar-refractivity contribution in [2.75, 3.05) is 0 Å². The number of rotatable bonds is 5. The Morgan fingerprint density at radius 3 is 2.62 bits per heavy atom. The first-order valence-electron chi connectivity index (χ1n) is 5.36. The van der Waals surface area contributed by atoms with Crippen LogP contribution < -0.4 is 11.1 Å². The van der Waals surface area contributed by atoms with Crippen LogP contribution in [0, 0.1) is 5.82 Å². The third-order valence-electron chi connectivity index (χ3n) is 2.57. The molecule has 0 bridgehead atoms. The van der Waals surface area contributed by atoms with E-state index < -0.39 is 11.9 Å². The molecule has 2 unspecified atom stereocenters. The maximum Gasteiger partial charge on any atom is 0.234 e. The van der Waals surface area contributed by atoms with Gasteiger partial charge in [-0.2, -0.15) is 0 Å². The Hall–Kier alpha value is -1.42. The second-order valence-electron chi connectivity index (χ2n) is 3.77. The lowest BCUT2D eigenvalue weighted by molar-refractivity contribution is -0.119. The molecule has 0 aliphatic carbocycles. The Kier molecular flexibility index (Phi) is 4.43. The van der Waals surface area contributed by atoms with Gasteiger partial charge in [-0.3, -0.25) is 10.1 Å². The molecule has 0 saturated heterocycles. The van der Waals surface area contributed by atoms with E-state index in [4.69, 9.17) is 5.73 Å². The molecule has 1 rings (SSSR count). The number of hydrogen-bond donors (Lipinski definition) is 2. The lowest BCUT2D eigenvalue weighted by Gasteiger charge is -2.21. The van der Waals surface area contributed by atoms with Crippen molar-refractivity contribution in [1.29, 1.82) is 0 Å². The minimum atomic E-state index is -0.468. The summed E-state index contributed by atoms with van der Waals surface area (Å²) in [6, 6.07) is 5.88. The van der Waals surface area contributed by atoms with Crippen LogP contribution in [0.5, 0.6) is 0 Å². The maximum absolute atomic E-state index is 13.5. The molecule has 0 saturated carbocycles. The molecule has 3 N–H and O–H groups in total. The second-order valence-corrected chi connectivity index (χ2v) is 3.77. The van der Waals surface area contributed by atoms with Crippen LogP contribution in [0.3, 0.4) is 0 Å². The topological polar surface area (TPSA) is 55.1 Å². The molecule has 3 nitrogen and oxygen atoms in total. The SMILES string of the molecule is CCC(NC(C)C(N)=O)c1ccccc1F. The number of carbonyl (C=O) groups excluding carboxylic acids is 1. The average molecular weight is 224 g/mol. The van der Waals surface area contributed by atoms with Crippen molar-refractivity contribution < 1.29 is 9.18 Å². The summed E-state index contributed by atoms with van der Waals surface area (Å²) < 4.78 is 13.5. The molecule has 2 atom stereocenters. The lowest BCUT2D eigenvalue weighted by Crippen LogP contribution is -2.40. The standard InChI is InChI=1S/C12H17FN2O/c1-3-11(15-8(2)12(14)16)9-6-4-5-7-10(9)13/h4-8,11,15H,3H2,1-2H3,(H2,14,16). The number of primary amides is 1. The average Bonchev–Trinajstić information content (AvgIpc) is 2.26. The summed E-state index contributed by atoms with van der Waals surface area (Å²) in [5.74, 6) is -0.701. The minimum Gasteiger partial charge on any atom is -0.368 e. The summed E-state index contributed by atoms with van der Waals surface area (Å²) in [4.78, 5) is 10.9. The van der Waals surface area contributed by atoms with E-state index >= 15 is 0 Å². The Balaban J connectivity index is 2.83. The van der Waals surface area contributed by atoms with Crippen LogP contribution in [0.25, 0.3) is 0 Å². The highest BCUT2D eigenvalue weighted by Crippen LogP contribution is 2.20. The van der Waals surface area contributed by atoms with E-state index in [0.29, 0.717) is 12.0 Å². The summed E-state index contributed by atoms with van der Waals surface area (Å²) in [6.45, 7) is 3.60. The zero-order valence-electron chi connectivity index (χ0n) is 9.53. The van der Waals surface area contributed by atoms with Crippen LogP contribution in [0.4, 0.5) is 4.39 Å². The molecule has 0 aliphatic rings. The smallest absolute Gasteiger partial charge is 0.234 e. The summed E-state index contributed by atoms with van der Waals surface area (Å²) in [7, 11) is 0. The van der Waals surface area contributed by atoms with Crippen molar-refractivity contribution in [3.05, 3.63) is 35.6 Å². The molecule has 0 aliphatic heterocycles. The van der Waals surface area contributed by atoms with Crippen molar-refractivity contribution in [3.8, 4) is 0 Å². The molecule has 1 aromatic carbocycles. The van der Waals surface area contributed by atoms with E-state index in [1.165, 1.54) is 6.07 Å². The molecule has 16 heavy (non-hydrogen) atoms. The van der Waals surface area contributed by atoms with Gasteiger partial charge < -0.3 is 5.73 Å². The fourth-order valence-corrected chi connectivity index (χ4v) is 1.57. The van der Waals surface area contributed by atoms with Crippen molar-refractivity contribution >= 4 is 5.91 Å². The zero-order chi connectivity index (χ0) is 12.1. The highest BCUT2D eigenvalue weighted by atomic mass is 19.1. The molecule has 1 amide bonds. The van der Waals surface area contributed by atoms with Gasteiger partial charge in [-0.25, -0.2) is 4.39 Å². The predicted molar refractivity (Wildman–Crippen MR) is 61.2 cm³/mol. The number of benzene rings is 1. The van der Waals surface area contributed by atoms with E-state index in [-0.39, 0.29) is 11.9 Å². The summed E-state index contributed by atoms with van der Waals surface area (Å²) >= 11 is 0. The molecule has 0 radical (unpaired) electrons. The number of carbonyl (C=O) groups is 1. The molecule has 0 spiro atoms. The third-order valence-corrected chi connectivity index (χ3v) is 2.57. The summed E-state index contributed by atoms with van der Waals surface area (Å²) in [5, 5.41) is 3.01. The zero-order valence-corrected chi connectivity index (χ0v) is 9.53. The summed E-state index contributed by atoms with van der Waals surface area (Å²) in [5.41, 5.74) is 5.73. The fourth-order valence-electron chi connectivity index (χ4n) is 1.57. The van der Waals surface area contributed by atoms with Crippen LogP contribution in [0.1, 0.15) is 31.9 Å². The molecule has 0 fully saturated rings. The number of halogens is 1. The van der Waals surface area contributed by atoms with Gasteiger partial charge >= 0.3 is 0 Å². The van der Waals surface area contributed by atoms with Gasteiger partial charge in [0.25, 0.3) is 0 Å². The minimum absolute atomic E-state index is 0.191. The Morgan fingerprint density at radius 2 is 2.12 bits per heavy atom. The predicted octanol–water partition coefficient (Wildman–Crippen LogP) is 1.74. The van der Waals surface area contributed by atoms with E-state index in [1.807, 2.05) is 6.92 Å². The molecule has 88 valence electrons. The van der Waals surface area contributed by atoms with Crippen LogP contribution in [0.15, 0.2) is 24.3 Å². The molecular weight excluding hydrogens is 207 g/mol. The highest BCUT2D eigenvalue weighted by molar-refractivity contribution is 5.79. The quantitative estimate of drug-likeness (QED) is 0.800. The fraction of sp³-hybridized carbons (Fsp3) is 0.417. The largest absolute Gasteiger partial charge is 0.368 e. The Labute approximate surface area is 94.8 Å². The maximum atomic E-state index is 13.5. The monoisotopic (exact) mass is 224 g/mol. The van der Waals surface area contributed by atoms with E-state index in [9.17, 15) is 9.18 Å². The summed E-state index contributed by atoms with van der Waals surface area (Å²) in [6.07, 6.45) is 0.693. The van der Waals surface area contributed by atoms with E-state index in [0.717, 1.165) is 0 Å². The molecule has 1 aromatic rings. The number of nitrogens with two attached hydrogens (primary N) is 1. The lowest BCUT2D eigenvalue weighted by atomic mass is 10.0. The van der Waals surface area contributed by atoms with Crippen LogP contribution in [-0.4, -0.2) is 11.9 Å². The first-order chi connectivity index (χ1) is 7.56. The number of hydrogen-bond acceptors (Lipinski definition) is 2. The van der Waals surface area contributed by atoms with Crippen molar-refractivity contribution in [2.45, 2.75) is 32.4 Å². The second kappa shape index (κ2) is 5.61. The first-order valence-corrected chi connectivity index (χ1v) is 5.36. The molecule has 0 heterocycles. The van der Waals surface area contributed by atoms with Gasteiger partial charge in [0.2, 0.25) is 5.91 Å². The van der Waals surface area contributed by atoms with Gasteiger partial charge in [0.05, 0.1) is 6.04 Å².